The Balaban J connectivity index is 1.42. The van der Waals surface area contributed by atoms with Crippen LogP contribution in [0.15, 0.2) is 47.4 Å². The maximum Gasteiger partial charge on any atom is 0.258 e. The Bertz CT molecular complexity index is 1620. The van der Waals surface area contributed by atoms with Gasteiger partial charge >= 0.3 is 0 Å². The van der Waals surface area contributed by atoms with Crippen LogP contribution in [0.5, 0.6) is 5.75 Å². The van der Waals surface area contributed by atoms with E-state index in [4.69, 9.17) is 9.47 Å². The number of aromatic amines is 1. The zero-order chi connectivity index (χ0) is 32.4. The zero-order valence-corrected chi connectivity index (χ0v) is 27.8. The lowest BCUT2D eigenvalue weighted by molar-refractivity contribution is 0.0904. The first kappa shape index (κ1) is 32.7. The topological polar surface area (TPSA) is 132 Å². The lowest BCUT2D eigenvalue weighted by Gasteiger charge is -2.30. The van der Waals surface area contributed by atoms with Gasteiger partial charge in [0.25, 0.3) is 5.91 Å². The van der Waals surface area contributed by atoms with Crippen LogP contribution < -0.4 is 20.3 Å². The van der Waals surface area contributed by atoms with Crippen molar-refractivity contribution in [3.63, 3.8) is 0 Å². The number of likely N-dealkylation sites (N-methyl/N-ethyl adjacent to an activating group) is 2. The van der Waals surface area contributed by atoms with E-state index in [1.807, 2.05) is 32.0 Å². The highest BCUT2D eigenvalue weighted by molar-refractivity contribution is 7.89. The normalized spacial score (nSPS) is 16.9. The number of carbonyl (C=O) groups excluding carboxylic acids is 1. The molecule has 0 atom stereocenters. The van der Waals surface area contributed by atoms with Gasteiger partial charge < -0.3 is 29.9 Å². The predicted molar refractivity (Wildman–Crippen MR) is 176 cm³/mol. The van der Waals surface area contributed by atoms with Gasteiger partial charge in [0.05, 0.1) is 28.8 Å². The van der Waals surface area contributed by atoms with Gasteiger partial charge in [0, 0.05) is 68.4 Å². The molecule has 0 aliphatic carbocycles. The van der Waals surface area contributed by atoms with Crippen LogP contribution in [0.1, 0.15) is 55.2 Å². The zero-order valence-electron chi connectivity index (χ0n) is 27.0. The molecule has 1 aromatic heterocycles. The molecule has 5 rings (SSSR count). The van der Waals surface area contributed by atoms with Crippen molar-refractivity contribution >= 4 is 33.1 Å². The lowest BCUT2D eigenvalue weighted by Crippen LogP contribution is -2.40. The van der Waals surface area contributed by atoms with Gasteiger partial charge in [-0.15, -0.1) is 0 Å². The summed E-state index contributed by atoms with van der Waals surface area (Å²) < 4.78 is 39.8. The number of hydrogen-bond acceptors (Lipinski definition) is 9. The standard InChI is InChI=1S/C32H45N7O5S/c1-7-38(16-15-37(4)5)23-11-12-26(28(19-23)33-22-13-17-44-18-14-22)31(40)34-30-27-21-39(32(2,3)29(27)35-36-30)45(41,42)25-10-8-9-24(20-25)43-6/h8-12,19-20,22,33H,7,13-18,21H2,1-6H3,(H2,34,35,36,40). The molecule has 13 heteroatoms. The quantitative estimate of drug-likeness (QED) is 0.268. The number of ether oxygens (including phenoxy) is 2. The molecule has 12 nitrogen and oxygen atoms in total. The van der Waals surface area contributed by atoms with Crippen LogP contribution >= 0.6 is 0 Å². The molecule has 3 aromatic rings. The lowest BCUT2D eigenvalue weighted by atomic mass is 10.0. The molecule has 3 N–H and O–H groups in total. The molecule has 0 unspecified atom stereocenters. The third-order valence-electron chi connectivity index (χ3n) is 8.66. The summed E-state index contributed by atoms with van der Waals surface area (Å²) in [4.78, 5) is 18.4. The molecule has 2 aliphatic rings. The summed E-state index contributed by atoms with van der Waals surface area (Å²) in [7, 11) is 1.71. The monoisotopic (exact) mass is 639 g/mol. The highest BCUT2D eigenvalue weighted by Crippen LogP contribution is 2.44. The Morgan fingerprint density at radius 2 is 1.91 bits per heavy atom. The van der Waals surface area contributed by atoms with Gasteiger partial charge in [-0.05, 0) is 78.0 Å². The number of anilines is 3. The maximum atomic E-state index is 13.9. The molecule has 3 heterocycles. The Hall–Kier alpha value is -3.65. The smallest absolute Gasteiger partial charge is 0.258 e. The largest absolute Gasteiger partial charge is 0.497 e. The fourth-order valence-electron chi connectivity index (χ4n) is 5.94. The van der Waals surface area contributed by atoms with E-state index in [1.54, 1.807) is 18.2 Å². The molecule has 0 radical (unpaired) electrons. The van der Waals surface area contributed by atoms with E-state index in [2.05, 4.69) is 51.6 Å². The minimum atomic E-state index is -3.90. The van der Waals surface area contributed by atoms with Crippen LogP contribution in [0.25, 0.3) is 0 Å². The maximum absolute atomic E-state index is 13.9. The first-order valence-corrected chi connectivity index (χ1v) is 16.8. The van der Waals surface area contributed by atoms with E-state index in [9.17, 15) is 13.2 Å². The molecule has 2 aromatic carbocycles. The number of nitrogens with one attached hydrogen (secondary N) is 3. The Kier molecular flexibility index (Phi) is 9.73. The van der Waals surface area contributed by atoms with Crippen LogP contribution in [0.3, 0.4) is 0 Å². The number of sulfonamides is 1. The summed E-state index contributed by atoms with van der Waals surface area (Å²) in [6.07, 6.45) is 1.70. The molecule has 1 saturated heterocycles. The average Bonchev–Trinajstić information content (AvgIpc) is 3.55. The van der Waals surface area contributed by atoms with Gasteiger partial charge in [-0.25, -0.2) is 8.42 Å². The first-order valence-electron chi connectivity index (χ1n) is 15.4. The minimum absolute atomic E-state index is 0.0530. The molecule has 1 amide bonds. The second kappa shape index (κ2) is 13.4. The SMILES string of the molecule is CCN(CCN(C)C)c1ccc(C(=O)Nc2n[nH]c3c2CN(S(=O)(=O)c2cccc(OC)c2)C3(C)C)c(NC2CCOCC2)c1. The number of aromatic nitrogens is 2. The van der Waals surface area contributed by atoms with Crippen LogP contribution in [0.4, 0.5) is 17.2 Å². The van der Waals surface area contributed by atoms with Gasteiger partial charge in [0.15, 0.2) is 5.82 Å². The van der Waals surface area contributed by atoms with Crippen LogP contribution in [-0.2, 0) is 26.8 Å². The van der Waals surface area contributed by atoms with E-state index in [1.165, 1.54) is 17.5 Å². The molecule has 244 valence electrons. The van der Waals surface area contributed by atoms with Crippen molar-refractivity contribution in [3.8, 4) is 5.75 Å². The second-order valence-electron chi connectivity index (χ2n) is 12.3. The number of amides is 1. The van der Waals surface area contributed by atoms with Crippen LogP contribution in [-0.4, -0.2) is 93.8 Å². The summed E-state index contributed by atoms with van der Waals surface area (Å²) in [6.45, 7) is 9.77. The van der Waals surface area contributed by atoms with Gasteiger partial charge in [-0.1, -0.05) is 6.07 Å². The number of carbonyl (C=O) groups is 1. The molecule has 0 bridgehead atoms. The van der Waals surface area contributed by atoms with Gasteiger partial charge in [0.2, 0.25) is 10.0 Å². The third-order valence-corrected chi connectivity index (χ3v) is 10.7. The molecule has 2 aliphatic heterocycles. The summed E-state index contributed by atoms with van der Waals surface area (Å²) in [5.41, 5.74) is 2.61. The molecule has 0 saturated carbocycles. The number of H-pyrrole nitrogens is 1. The van der Waals surface area contributed by atoms with E-state index < -0.39 is 15.6 Å². The Morgan fingerprint density at radius 1 is 1.16 bits per heavy atom. The molecular formula is C32H45N7O5S. The fraction of sp³-hybridized carbons (Fsp3) is 0.500. The van der Waals surface area contributed by atoms with Crippen LogP contribution in [0.2, 0.25) is 0 Å². The number of hydrogen-bond donors (Lipinski definition) is 3. The van der Waals surface area contributed by atoms with Crippen molar-refractivity contribution in [2.24, 2.45) is 0 Å². The van der Waals surface area contributed by atoms with Crippen molar-refractivity contribution in [1.82, 2.24) is 19.4 Å². The average molecular weight is 640 g/mol. The van der Waals surface area contributed by atoms with Gasteiger partial charge in [-0.2, -0.15) is 9.40 Å². The highest BCUT2D eigenvalue weighted by Gasteiger charge is 2.48. The van der Waals surface area contributed by atoms with Crippen molar-refractivity contribution < 1.29 is 22.7 Å². The van der Waals surface area contributed by atoms with Crippen molar-refractivity contribution in [2.45, 2.75) is 56.6 Å². The number of nitrogens with zero attached hydrogens (tertiary/aromatic N) is 4. The van der Waals surface area contributed by atoms with Crippen LogP contribution in [0, 0.1) is 0 Å². The Morgan fingerprint density at radius 3 is 2.60 bits per heavy atom. The van der Waals surface area contributed by atoms with Crippen molar-refractivity contribution in [2.75, 3.05) is 69.6 Å². The van der Waals surface area contributed by atoms with Crippen molar-refractivity contribution in [1.29, 1.82) is 0 Å². The second-order valence-corrected chi connectivity index (χ2v) is 14.1. The predicted octanol–water partition coefficient (Wildman–Crippen LogP) is 4.09. The summed E-state index contributed by atoms with van der Waals surface area (Å²) in [5.74, 6) is 0.444. The number of rotatable bonds is 12. The summed E-state index contributed by atoms with van der Waals surface area (Å²) >= 11 is 0. The molecule has 0 spiro atoms. The number of benzene rings is 2. The fourth-order valence-corrected chi connectivity index (χ4v) is 7.70. The summed E-state index contributed by atoms with van der Waals surface area (Å²) in [6, 6.07) is 12.5. The molecular weight excluding hydrogens is 594 g/mol. The molecule has 1 fully saturated rings. The van der Waals surface area contributed by atoms with E-state index in [0.29, 0.717) is 41.6 Å². The molecule has 45 heavy (non-hydrogen) atoms. The van der Waals surface area contributed by atoms with Crippen molar-refractivity contribution in [3.05, 3.63) is 59.3 Å². The first-order chi connectivity index (χ1) is 21.4. The Labute approximate surface area is 266 Å². The number of methoxy groups -OCH3 is 1. The highest BCUT2D eigenvalue weighted by atomic mass is 32.2. The van der Waals surface area contributed by atoms with Gasteiger partial charge in [0.1, 0.15) is 5.75 Å². The van der Waals surface area contributed by atoms with E-state index in [-0.39, 0.29) is 23.4 Å². The van der Waals surface area contributed by atoms with E-state index >= 15 is 0 Å². The number of fused-ring (bicyclic) bond motifs is 1. The summed E-state index contributed by atoms with van der Waals surface area (Å²) in [5, 5.41) is 14.0. The third kappa shape index (κ3) is 6.81. The van der Waals surface area contributed by atoms with E-state index in [0.717, 1.165) is 43.9 Å². The van der Waals surface area contributed by atoms with Gasteiger partial charge in [-0.3, -0.25) is 9.89 Å². The minimum Gasteiger partial charge on any atom is -0.497 e.